The van der Waals surface area contributed by atoms with E-state index >= 15 is 0 Å². The number of aliphatic hydroxyl groups excluding tert-OH is 3. The van der Waals surface area contributed by atoms with Crippen LogP contribution >= 0.6 is 0 Å². The van der Waals surface area contributed by atoms with E-state index < -0.39 is 18.2 Å². The summed E-state index contributed by atoms with van der Waals surface area (Å²) in [6.07, 6.45) is -1.87. The predicted octanol–water partition coefficient (Wildman–Crippen LogP) is -0.578. The fourth-order valence-corrected chi connectivity index (χ4v) is 2.13. The molecule has 0 unspecified atom stereocenters. The Balaban J connectivity index is 2.16. The first kappa shape index (κ1) is 12.3. The standard InChI is InChI=1S/C12H17NO4/c1-17-8-4-2-7(3-5-8)10-12(16)11(15)9(6-14)13-10/h2-5,9-16H,6H2,1H3/t9-,10-,11-,12-/m0/s1. The van der Waals surface area contributed by atoms with Crippen molar-refractivity contribution in [3.05, 3.63) is 29.8 Å². The van der Waals surface area contributed by atoms with Crippen LogP contribution in [0.2, 0.25) is 0 Å². The highest BCUT2D eigenvalue weighted by atomic mass is 16.5. The van der Waals surface area contributed by atoms with Crippen molar-refractivity contribution in [3.8, 4) is 5.75 Å². The number of nitrogens with one attached hydrogen (secondary N) is 1. The molecule has 0 aromatic heterocycles. The molecule has 17 heavy (non-hydrogen) atoms. The van der Waals surface area contributed by atoms with Gasteiger partial charge in [-0.1, -0.05) is 12.1 Å². The average Bonchev–Trinajstić information content (AvgIpc) is 2.66. The van der Waals surface area contributed by atoms with Gasteiger partial charge in [-0.3, -0.25) is 0 Å². The molecule has 94 valence electrons. The summed E-state index contributed by atoms with van der Waals surface area (Å²) < 4.78 is 5.05. The molecule has 0 bridgehead atoms. The highest BCUT2D eigenvalue weighted by molar-refractivity contribution is 5.31. The van der Waals surface area contributed by atoms with E-state index in [1.54, 1.807) is 19.2 Å². The Morgan fingerprint density at radius 1 is 1.18 bits per heavy atom. The quantitative estimate of drug-likeness (QED) is 0.567. The van der Waals surface area contributed by atoms with E-state index in [1.807, 2.05) is 12.1 Å². The summed E-state index contributed by atoms with van der Waals surface area (Å²) in [5.74, 6) is 0.737. The van der Waals surface area contributed by atoms with Crippen LogP contribution in [0.25, 0.3) is 0 Å². The second-order valence-electron chi connectivity index (χ2n) is 4.19. The number of rotatable bonds is 3. The molecule has 0 aliphatic carbocycles. The van der Waals surface area contributed by atoms with Crippen molar-refractivity contribution in [2.45, 2.75) is 24.3 Å². The maximum absolute atomic E-state index is 9.88. The van der Waals surface area contributed by atoms with E-state index in [4.69, 9.17) is 9.84 Å². The average molecular weight is 239 g/mol. The first-order valence-corrected chi connectivity index (χ1v) is 5.54. The van der Waals surface area contributed by atoms with Crippen LogP contribution in [0, 0.1) is 0 Å². The molecule has 0 amide bonds. The number of ether oxygens (including phenoxy) is 1. The Morgan fingerprint density at radius 3 is 2.29 bits per heavy atom. The van der Waals surface area contributed by atoms with Gasteiger partial charge in [0.05, 0.1) is 31.9 Å². The number of hydrogen-bond acceptors (Lipinski definition) is 5. The van der Waals surface area contributed by atoms with Crippen LogP contribution in [-0.2, 0) is 0 Å². The molecule has 5 nitrogen and oxygen atoms in total. The van der Waals surface area contributed by atoms with E-state index in [0.29, 0.717) is 0 Å². The van der Waals surface area contributed by atoms with E-state index in [9.17, 15) is 10.2 Å². The molecule has 5 heteroatoms. The minimum absolute atomic E-state index is 0.203. The van der Waals surface area contributed by atoms with Gasteiger partial charge in [0.1, 0.15) is 11.9 Å². The molecule has 0 saturated carbocycles. The molecule has 1 heterocycles. The van der Waals surface area contributed by atoms with Gasteiger partial charge in [-0.2, -0.15) is 0 Å². The van der Waals surface area contributed by atoms with E-state index in [0.717, 1.165) is 11.3 Å². The fourth-order valence-electron chi connectivity index (χ4n) is 2.13. The van der Waals surface area contributed by atoms with E-state index in [-0.39, 0.29) is 12.6 Å². The number of benzene rings is 1. The predicted molar refractivity (Wildman–Crippen MR) is 61.8 cm³/mol. The number of aliphatic hydroxyl groups is 3. The Hall–Kier alpha value is -1.14. The molecule has 2 rings (SSSR count). The van der Waals surface area contributed by atoms with Crippen molar-refractivity contribution < 1.29 is 20.1 Å². The van der Waals surface area contributed by atoms with Crippen LogP contribution in [0.15, 0.2) is 24.3 Å². The molecule has 1 fully saturated rings. The van der Waals surface area contributed by atoms with Gasteiger partial charge < -0.3 is 25.4 Å². The van der Waals surface area contributed by atoms with Crippen LogP contribution in [-0.4, -0.2) is 47.3 Å². The molecule has 0 radical (unpaired) electrons. The van der Waals surface area contributed by atoms with Gasteiger partial charge in [0, 0.05) is 0 Å². The Kier molecular flexibility index (Phi) is 3.63. The first-order valence-electron chi connectivity index (χ1n) is 5.54. The second-order valence-corrected chi connectivity index (χ2v) is 4.19. The van der Waals surface area contributed by atoms with Gasteiger partial charge >= 0.3 is 0 Å². The lowest BCUT2D eigenvalue weighted by atomic mass is 10.0. The van der Waals surface area contributed by atoms with E-state index in [2.05, 4.69) is 5.32 Å². The molecule has 4 N–H and O–H groups in total. The zero-order valence-electron chi connectivity index (χ0n) is 9.58. The van der Waals surface area contributed by atoms with Gasteiger partial charge in [0.15, 0.2) is 0 Å². The van der Waals surface area contributed by atoms with Crippen LogP contribution in [0.3, 0.4) is 0 Å². The van der Waals surface area contributed by atoms with Crippen molar-refractivity contribution >= 4 is 0 Å². The zero-order valence-corrected chi connectivity index (χ0v) is 9.58. The van der Waals surface area contributed by atoms with Crippen LogP contribution in [0.4, 0.5) is 0 Å². The molecule has 0 spiro atoms. The van der Waals surface area contributed by atoms with Crippen LogP contribution < -0.4 is 10.1 Å². The van der Waals surface area contributed by atoms with Gasteiger partial charge in [-0.05, 0) is 17.7 Å². The third-order valence-corrected chi connectivity index (χ3v) is 3.17. The first-order chi connectivity index (χ1) is 8.17. The third-order valence-electron chi connectivity index (χ3n) is 3.17. The molecule has 1 saturated heterocycles. The van der Waals surface area contributed by atoms with Gasteiger partial charge in [-0.15, -0.1) is 0 Å². The van der Waals surface area contributed by atoms with E-state index in [1.165, 1.54) is 0 Å². The largest absolute Gasteiger partial charge is 0.497 e. The Labute approximate surface area is 99.7 Å². The lowest BCUT2D eigenvalue weighted by Crippen LogP contribution is -2.35. The van der Waals surface area contributed by atoms with Gasteiger partial charge in [-0.25, -0.2) is 0 Å². The minimum atomic E-state index is -0.952. The lowest BCUT2D eigenvalue weighted by Gasteiger charge is -2.16. The van der Waals surface area contributed by atoms with Crippen LogP contribution in [0.5, 0.6) is 5.75 Å². The number of hydrogen-bond donors (Lipinski definition) is 4. The normalized spacial score (nSPS) is 32.7. The Bertz CT molecular complexity index is 367. The molecule has 1 aromatic carbocycles. The molecule has 4 atom stereocenters. The van der Waals surface area contributed by atoms with Gasteiger partial charge in [0.25, 0.3) is 0 Å². The summed E-state index contributed by atoms with van der Waals surface area (Å²) in [7, 11) is 1.59. The summed E-state index contributed by atoms with van der Waals surface area (Å²) >= 11 is 0. The molecule has 1 aromatic rings. The lowest BCUT2D eigenvalue weighted by molar-refractivity contribution is 0.0194. The molecule has 1 aliphatic rings. The second kappa shape index (κ2) is 5.01. The monoisotopic (exact) mass is 239 g/mol. The SMILES string of the molecule is COc1ccc([C@@H]2N[C@@H](CO)[C@H](O)[C@H]2O)cc1. The highest BCUT2D eigenvalue weighted by Gasteiger charge is 2.41. The summed E-state index contributed by atoms with van der Waals surface area (Å²) in [6.45, 7) is -0.203. The van der Waals surface area contributed by atoms with Crippen molar-refractivity contribution in [3.63, 3.8) is 0 Å². The molecular weight excluding hydrogens is 222 g/mol. The van der Waals surface area contributed by atoms with Crippen molar-refractivity contribution in [1.29, 1.82) is 0 Å². The van der Waals surface area contributed by atoms with Crippen molar-refractivity contribution in [2.24, 2.45) is 0 Å². The number of methoxy groups -OCH3 is 1. The third kappa shape index (κ3) is 2.28. The zero-order chi connectivity index (χ0) is 12.4. The maximum atomic E-state index is 9.88. The Morgan fingerprint density at radius 2 is 1.82 bits per heavy atom. The summed E-state index contributed by atoms with van der Waals surface area (Å²) in [4.78, 5) is 0. The molecular formula is C12H17NO4. The summed E-state index contributed by atoms with van der Waals surface area (Å²) in [5.41, 5.74) is 0.855. The maximum Gasteiger partial charge on any atom is 0.118 e. The van der Waals surface area contributed by atoms with Crippen LogP contribution in [0.1, 0.15) is 11.6 Å². The minimum Gasteiger partial charge on any atom is -0.497 e. The summed E-state index contributed by atoms with van der Waals surface area (Å²) in [5, 5.41) is 31.6. The highest BCUT2D eigenvalue weighted by Crippen LogP contribution is 2.28. The smallest absolute Gasteiger partial charge is 0.118 e. The van der Waals surface area contributed by atoms with Crippen molar-refractivity contribution in [2.75, 3.05) is 13.7 Å². The fraction of sp³-hybridized carbons (Fsp3) is 0.500. The molecule has 1 aliphatic heterocycles. The summed E-state index contributed by atoms with van der Waals surface area (Å²) in [6, 6.07) is 6.38. The van der Waals surface area contributed by atoms with Crippen molar-refractivity contribution in [1.82, 2.24) is 5.32 Å². The van der Waals surface area contributed by atoms with Gasteiger partial charge in [0.2, 0.25) is 0 Å². The topological polar surface area (TPSA) is 82.0 Å².